The van der Waals surface area contributed by atoms with Crippen LogP contribution in [0.3, 0.4) is 0 Å². The quantitative estimate of drug-likeness (QED) is 0.0559. The number of ether oxygens (including phenoxy) is 7. The summed E-state index contributed by atoms with van der Waals surface area (Å²) in [6, 6.07) is 0. The van der Waals surface area contributed by atoms with E-state index in [-0.39, 0.29) is 18.0 Å². The summed E-state index contributed by atoms with van der Waals surface area (Å²) in [6.45, 7) is 20.6. The maximum Gasteiger partial charge on any atom is 0.333 e. The molecule has 0 bridgehead atoms. The Kier molecular flexibility index (Phi) is 19.9. The summed E-state index contributed by atoms with van der Waals surface area (Å²) in [5.74, 6) is 0.0431. The molecule has 9 heteroatoms. The Morgan fingerprint density at radius 2 is 1.45 bits per heavy atom. The Labute approximate surface area is 264 Å². The fourth-order valence-electron chi connectivity index (χ4n) is 4.27. The Morgan fingerprint density at radius 3 is 2.05 bits per heavy atom. The van der Waals surface area contributed by atoms with Gasteiger partial charge >= 0.3 is 11.9 Å². The molecule has 6 unspecified atom stereocenters. The summed E-state index contributed by atoms with van der Waals surface area (Å²) in [5, 5.41) is 0. The third-order valence-electron chi connectivity index (χ3n) is 7.42. The normalized spacial score (nSPS) is 26.2. The van der Waals surface area contributed by atoms with Crippen molar-refractivity contribution < 1.29 is 42.7 Å². The minimum absolute atomic E-state index is 0.142. The van der Waals surface area contributed by atoms with Gasteiger partial charge in [0.05, 0.1) is 51.3 Å². The van der Waals surface area contributed by atoms with Gasteiger partial charge in [-0.1, -0.05) is 44.6 Å². The first kappa shape index (κ1) is 37.9. The molecule has 4 saturated heterocycles. The molecule has 44 heavy (non-hydrogen) atoms. The van der Waals surface area contributed by atoms with Gasteiger partial charge in [0.25, 0.3) is 0 Å². The zero-order valence-corrected chi connectivity index (χ0v) is 26.9. The molecule has 1 saturated carbocycles. The summed E-state index contributed by atoms with van der Waals surface area (Å²) in [6.07, 6.45) is 21.0. The second kappa shape index (κ2) is 23.1. The van der Waals surface area contributed by atoms with Gasteiger partial charge in [-0.2, -0.15) is 0 Å². The van der Waals surface area contributed by atoms with Gasteiger partial charge in [0.15, 0.2) is 0 Å². The second-order valence-corrected chi connectivity index (χ2v) is 11.7. The van der Waals surface area contributed by atoms with E-state index in [9.17, 15) is 9.59 Å². The van der Waals surface area contributed by atoms with Gasteiger partial charge in [-0.05, 0) is 64.2 Å². The largest absolute Gasteiger partial charge is 0.463 e. The molecule has 0 aromatic carbocycles. The van der Waals surface area contributed by atoms with Crippen molar-refractivity contribution in [3.63, 3.8) is 0 Å². The molecular formula is C35H56O9. The molecule has 5 fully saturated rings. The predicted molar refractivity (Wildman–Crippen MR) is 170 cm³/mol. The smallest absolute Gasteiger partial charge is 0.333 e. The van der Waals surface area contributed by atoms with Gasteiger partial charge in [-0.25, -0.2) is 9.59 Å². The van der Waals surface area contributed by atoms with Crippen LogP contribution in [0, 0.1) is 5.92 Å². The summed E-state index contributed by atoms with van der Waals surface area (Å²) in [4.78, 5) is 21.3. The number of carbonyl (C=O) groups excluding carboxylic acids is 2. The highest BCUT2D eigenvalue weighted by molar-refractivity contribution is 5.86. The van der Waals surface area contributed by atoms with Crippen LogP contribution in [0.15, 0.2) is 50.1 Å². The predicted octanol–water partition coefficient (Wildman–Crippen LogP) is 6.07. The molecule has 0 radical (unpaired) electrons. The first-order chi connectivity index (χ1) is 21.4. The van der Waals surface area contributed by atoms with E-state index in [0.29, 0.717) is 63.0 Å². The lowest BCUT2D eigenvalue weighted by atomic mass is 9.90. The number of carbonyl (C=O) groups is 2. The number of esters is 2. The Morgan fingerprint density at radius 1 is 0.795 bits per heavy atom. The number of rotatable bonds is 19. The number of unbranched alkanes of at least 4 members (excludes halogenated alkanes) is 5. The molecule has 9 nitrogen and oxygen atoms in total. The number of hydrogen-bond donors (Lipinski definition) is 0. The van der Waals surface area contributed by atoms with Crippen molar-refractivity contribution in [2.24, 2.45) is 5.92 Å². The monoisotopic (exact) mass is 620 g/mol. The van der Waals surface area contributed by atoms with Gasteiger partial charge < -0.3 is 33.2 Å². The standard InChI is InChI=1S/C10H16O4.C10H18O.C8H12O.C7H10O3/c1-2-10(11)13-6-4-3-5-12-7-9-8-14-9;1-2-3-4-5-6-7-8-10-9-11-10;1-2-6-3-4-7-8(5-6)9-7;1-5(2)7(8)10-4-6-3-9-6/h2,9H,1,3-8H2;2,10H,1,3-9H2;2,6-8H,1,3-5H2;6H,1,3-4H2,2H3. The SMILES string of the molecule is C=C(C)C(=O)OCC1CO1.C=CC(=O)OCCCCOCC1CO1.C=CC1CCC2OC2C1.C=CCCCCCCC1CO1. The van der Waals surface area contributed by atoms with Crippen molar-refractivity contribution in [2.75, 3.05) is 46.2 Å². The maximum absolute atomic E-state index is 10.7. The third kappa shape index (κ3) is 21.4. The van der Waals surface area contributed by atoms with Crippen LogP contribution in [-0.4, -0.2) is 88.7 Å². The van der Waals surface area contributed by atoms with Crippen molar-refractivity contribution in [2.45, 2.75) is 108 Å². The van der Waals surface area contributed by atoms with E-state index in [2.05, 4.69) is 32.4 Å². The second-order valence-electron chi connectivity index (χ2n) is 11.7. The molecule has 0 aromatic heterocycles. The first-order valence-corrected chi connectivity index (χ1v) is 16.3. The minimum atomic E-state index is -0.364. The summed E-state index contributed by atoms with van der Waals surface area (Å²) < 4.78 is 35.2. The summed E-state index contributed by atoms with van der Waals surface area (Å²) >= 11 is 0. The van der Waals surface area contributed by atoms with Crippen LogP contribution in [0.2, 0.25) is 0 Å². The van der Waals surface area contributed by atoms with E-state index in [1.165, 1.54) is 63.9 Å². The van der Waals surface area contributed by atoms with E-state index in [1.807, 2.05) is 6.08 Å². The molecule has 5 aliphatic rings. The molecule has 0 aromatic rings. The van der Waals surface area contributed by atoms with E-state index >= 15 is 0 Å². The molecule has 5 rings (SSSR count). The zero-order valence-electron chi connectivity index (χ0n) is 26.9. The maximum atomic E-state index is 10.7. The highest BCUT2D eigenvalue weighted by Crippen LogP contribution is 2.39. The minimum Gasteiger partial charge on any atom is -0.463 e. The van der Waals surface area contributed by atoms with Gasteiger partial charge in [-0.3, -0.25) is 0 Å². The van der Waals surface area contributed by atoms with Crippen molar-refractivity contribution in [3.8, 4) is 0 Å². The molecular weight excluding hydrogens is 564 g/mol. The fraction of sp³-hybridized carbons (Fsp3) is 0.714. The molecule has 0 N–H and O–H groups in total. The number of fused-ring (bicyclic) bond motifs is 1. The number of epoxide rings is 4. The Balaban J connectivity index is 0.000000207. The average molecular weight is 621 g/mol. The van der Waals surface area contributed by atoms with E-state index in [1.54, 1.807) is 6.92 Å². The van der Waals surface area contributed by atoms with Crippen LogP contribution < -0.4 is 0 Å². The molecule has 4 heterocycles. The Hall–Kier alpha value is -2.30. The highest BCUT2D eigenvalue weighted by atomic mass is 16.6. The lowest BCUT2D eigenvalue weighted by Crippen LogP contribution is -2.10. The number of hydrogen-bond acceptors (Lipinski definition) is 9. The third-order valence-corrected chi connectivity index (χ3v) is 7.42. The van der Waals surface area contributed by atoms with Crippen molar-refractivity contribution >= 4 is 11.9 Å². The van der Waals surface area contributed by atoms with E-state index in [4.69, 9.17) is 33.2 Å². The first-order valence-electron chi connectivity index (χ1n) is 16.3. The van der Waals surface area contributed by atoms with Crippen molar-refractivity contribution in [1.82, 2.24) is 0 Å². The highest BCUT2D eigenvalue weighted by Gasteiger charge is 2.42. The average Bonchev–Trinajstić information content (AvgIpc) is 3.84. The van der Waals surface area contributed by atoms with Crippen LogP contribution in [0.5, 0.6) is 0 Å². The van der Waals surface area contributed by atoms with Gasteiger partial charge in [0.2, 0.25) is 0 Å². The zero-order chi connectivity index (χ0) is 32.0. The fourth-order valence-corrected chi connectivity index (χ4v) is 4.27. The topological polar surface area (TPSA) is 112 Å². The number of allylic oxidation sites excluding steroid dienone is 2. The molecule has 6 atom stereocenters. The van der Waals surface area contributed by atoms with Crippen molar-refractivity contribution in [3.05, 3.63) is 50.1 Å². The van der Waals surface area contributed by atoms with Crippen LogP contribution in [-0.2, 0) is 42.7 Å². The molecule has 4 aliphatic heterocycles. The molecule has 0 amide bonds. The van der Waals surface area contributed by atoms with Gasteiger partial charge in [-0.15, -0.1) is 13.2 Å². The van der Waals surface area contributed by atoms with Crippen LogP contribution in [0.4, 0.5) is 0 Å². The van der Waals surface area contributed by atoms with E-state index in [0.717, 1.165) is 32.0 Å². The Bertz CT molecular complexity index is 860. The van der Waals surface area contributed by atoms with E-state index < -0.39 is 0 Å². The molecule has 1 aliphatic carbocycles. The molecule has 250 valence electrons. The van der Waals surface area contributed by atoms with Gasteiger partial charge in [0, 0.05) is 18.3 Å². The summed E-state index contributed by atoms with van der Waals surface area (Å²) in [5.41, 5.74) is 0.431. The lowest BCUT2D eigenvalue weighted by molar-refractivity contribution is -0.139. The lowest BCUT2D eigenvalue weighted by Gasteiger charge is -2.12. The van der Waals surface area contributed by atoms with Crippen LogP contribution in [0.1, 0.15) is 77.6 Å². The van der Waals surface area contributed by atoms with Gasteiger partial charge in [0.1, 0.15) is 18.8 Å². The summed E-state index contributed by atoms with van der Waals surface area (Å²) in [7, 11) is 0. The van der Waals surface area contributed by atoms with Crippen LogP contribution in [0.25, 0.3) is 0 Å². The van der Waals surface area contributed by atoms with Crippen LogP contribution >= 0.6 is 0 Å². The molecule has 0 spiro atoms. The van der Waals surface area contributed by atoms with Crippen molar-refractivity contribution in [1.29, 1.82) is 0 Å².